The van der Waals surface area contributed by atoms with Gasteiger partial charge in [0.25, 0.3) is 0 Å². The van der Waals surface area contributed by atoms with E-state index >= 15 is 0 Å². The van der Waals surface area contributed by atoms with Crippen LogP contribution in [0.25, 0.3) is 0 Å². The average molecular weight is 422 g/mol. The molecule has 0 aliphatic carbocycles. The predicted molar refractivity (Wildman–Crippen MR) is 126 cm³/mol. The number of benzene rings is 2. The second-order valence-corrected chi connectivity index (χ2v) is 9.68. The Balaban J connectivity index is 0.00000450. The van der Waals surface area contributed by atoms with Gasteiger partial charge in [0.05, 0.1) is 13.2 Å². The Kier molecular flexibility index (Phi) is 11.8. The van der Waals surface area contributed by atoms with Crippen molar-refractivity contribution in [2.24, 2.45) is 11.8 Å². The summed E-state index contributed by atoms with van der Waals surface area (Å²) in [5, 5.41) is 0.942. The van der Waals surface area contributed by atoms with Crippen LogP contribution in [0.2, 0.25) is 0 Å². The van der Waals surface area contributed by atoms with Crippen LogP contribution in [0.15, 0.2) is 36.4 Å². The minimum absolute atomic E-state index is 0. The van der Waals surface area contributed by atoms with Crippen molar-refractivity contribution in [3.63, 3.8) is 0 Å². The molecule has 0 saturated heterocycles. The molecule has 0 radical (unpaired) electrons. The molecule has 0 heterocycles. The van der Waals surface area contributed by atoms with Crippen molar-refractivity contribution in [3.05, 3.63) is 53.1 Å². The van der Waals surface area contributed by atoms with Crippen LogP contribution in [0.5, 0.6) is 11.5 Å². The normalized spacial score (nSPS) is 11.2. The zero-order valence-corrected chi connectivity index (χ0v) is 20.7. The number of hydrogen-bond acceptors (Lipinski definition) is 3. The summed E-state index contributed by atoms with van der Waals surface area (Å²) in [7, 11) is 0.0283. The number of rotatable bonds is 11. The van der Waals surface area contributed by atoms with E-state index in [0.717, 1.165) is 46.3 Å². The predicted octanol–water partition coefficient (Wildman–Crippen LogP) is 3.41. The zero-order chi connectivity index (χ0) is 21.4. The fourth-order valence-electron chi connectivity index (χ4n) is 2.99. The number of hydrogen-bond donors (Lipinski definition) is 0. The number of carbonyl (C=O) groups excluding carboxylic acids is 1. The summed E-state index contributed by atoms with van der Waals surface area (Å²) in [5.41, 5.74) is 3.04. The van der Waals surface area contributed by atoms with Gasteiger partial charge in [0.15, 0.2) is 5.52 Å². The van der Waals surface area contributed by atoms with Gasteiger partial charge in [0.1, 0.15) is 11.5 Å². The molecule has 0 saturated carbocycles. The van der Waals surface area contributed by atoms with Gasteiger partial charge in [0.2, 0.25) is 0 Å². The van der Waals surface area contributed by atoms with Gasteiger partial charge in [-0.25, -0.2) is 0 Å². The van der Waals surface area contributed by atoms with E-state index in [4.69, 9.17) is 9.47 Å². The van der Waals surface area contributed by atoms with E-state index < -0.39 is 0 Å². The smallest absolute Gasteiger partial charge is 1.00 e. The third-order valence-corrected chi connectivity index (χ3v) is 5.99. The molecule has 5 heteroatoms. The Morgan fingerprint density at radius 2 is 1.50 bits per heavy atom. The van der Waals surface area contributed by atoms with Gasteiger partial charge >= 0.3 is 18.9 Å². The van der Waals surface area contributed by atoms with Crippen LogP contribution in [-0.4, -0.2) is 18.7 Å². The molecule has 3 nitrogen and oxygen atoms in total. The topological polar surface area (TPSA) is 35.5 Å². The van der Waals surface area contributed by atoms with E-state index in [9.17, 15) is 4.79 Å². The van der Waals surface area contributed by atoms with Gasteiger partial charge in [-0.2, -0.15) is 0 Å². The molecular formula is C25H36LiO3P. The molecular weight excluding hydrogens is 386 g/mol. The summed E-state index contributed by atoms with van der Waals surface area (Å²) in [5.74, 6) is 2.75. The van der Waals surface area contributed by atoms with Crippen molar-refractivity contribution in [3.8, 4) is 11.5 Å². The van der Waals surface area contributed by atoms with Crippen LogP contribution >= 0.6 is 8.58 Å². The Morgan fingerprint density at radius 1 is 0.933 bits per heavy atom. The van der Waals surface area contributed by atoms with Crippen LogP contribution in [0, 0.1) is 25.7 Å². The van der Waals surface area contributed by atoms with Gasteiger partial charge < -0.3 is 10.9 Å². The van der Waals surface area contributed by atoms with Gasteiger partial charge in [-0.15, -0.1) is 0 Å². The van der Waals surface area contributed by atoms with Crippen LogP contribution in [-0.2, 0) is 0 Å². The third-order valence-electron chi connectivity index (χ3n) is 4.83. The molecule has 0 aliphatic rings. The fourth-order valence-corrected chi connectivity index (χ4v) is 4.19. The Bertz CT molecular complexity index is 804. The third kappa shape index (κ3) is 8.47. The molecule has 1 unspecified atom stereocenters. The van der Waals surface area contributed by atoms with Crippen LogP contribution in [0.3, 0.4) is 0 Å². The molecule has 0 amide bonds. The zero-order valence-electron chi connectivity index (χ0n) is 20.7. The van der Waals surface area contributed by atoms with E-state index in [1.54, 1.807) is 0 Å². The molecule has 2 aromatic carbocycles. The first-order valence-corrected chi connectivity index (χ1v) is 11.5. The largest absolute Gasteiger partial charge is 1.00 e. The second-order valence-electron chi connectivity index (χ2n) is 8.44. The summed E-state index contributed by atoms with van der Waals surface area (Å²) in [4.78, 5) is 13.0. The minimum Gasteiger partial charge on any atom is -1.00 e. The maximum Gasteiger partial charge on any atom is 1.00 e. The molecule has 0 N–H and O–H groups in total. The number of ether oxygens (including phenoxy) is 2. The van der Waals surface area contributed by atoms with E-state index in [1.807, 2.05) is 50.2 Å². The van der Waals surface area contributed by atoms with E-state index in [1.165, 1.54) is 0 Å². The van der Waals surface area contributed by atoms with Crippen molar-refractivity contribution >= 4 is 19.4 Å². The molecule has 0 spiro atoms. The molecule has 0 fully saturated rings. The van der Waals surface area contributed by atoms with Gasteiger partial charge in [-0.3, -0.25) is 4.79 Å². The average Bonchev–Trinajstić information content (AvgIpc) is 2.63. The number of aryl methyl sites for hydroxylation is 2. The fraction of sp³-hybridized carbons (Fsp3) is 0.480. The summed E-state index contributed by atoms with van der Waals surface area (Å²) >= 11 is 0. The summed E-state index contributed by atoms with van der Waals surface area (Å²) in [6.45, 7) is 14.1. The standard InChI is InChI=1S/C25H35O3P.Li.H/c1-17(2)12-14-27-21-10-11-23(22(16-21)28-15-13-18(3)4)29-25(26)24-19(5)8-7-9-20(24)6;;/h7-11,16-18,29H,12-15H2,1-6H3;;/q;+1;-1. The molecule has 0 bridgehead atoms. The van der Waals surface area contributed by atoms with Crippen LogP contribution in [0.1, 0.15) is 63.4 Å². The first-order chi connectivity index (χ1) is 13.8. The first kappa shape index (κ1) is 26.8. The molecule has 1 atom stereocenters. The van der Waals surface area contributed by atoms with Crippen molar-refractivity contribution in [1.82, 2.24) is 0 Å². The van der Waals surface area contributed by atoms with Crippen molar-refractivity contribution in [1.29, 1.82) is 0 Å². The summed E-state index contributed by atoms with van der Waals surface area (Å²) in [6, 6.07) is 11.9. The molecule has 30 heavy (non-hydrogen) atoms. The van der Waals surface area contributed by atoms with E-state index in [2.05, 4.69) is 27.7 Å². The second kappa shape index (κ2) is 13.2. The van der Waals surface area contributed by atoms with Crippen LogP contribution < -0.4 is 33.6 Å². The van der Waals surface area contributed by atoms with Crippen LogP contribution in [0.4, 0.5) is 0 Å². The maximum atomic E-state index is 13.0. The molecule has 2 rings (SSSR count). The van der Waals surface area contributed by atoms with Gasteiger partial charge in [0, 0.05) is 16.9 Å². The van der Waals surface area contributed by atoms with E-state index in [-0.39, 0.29) is 34.4 Å². The van der Waals surface area contributed by atoms with Gasteiger partial charge in [-0.1, -0.05) is 45.9 Å². The SMILES string of the molecule is Cc1cccc(C)c1C(=O)Pc1ccc(OCCC(C)C)cc1OCCC(C)C.[H-].[Li+]. The molecule has 2 aromatic rings. The summed E-state index contributed by atoms with van der Waals surface area (Å²) < 4.78 is 12.0. The number of carbonyl (C=O) groups is 1. The Morgan fingerprint density at radius 3 is 2.07 bits per heavy atom. The van der Waals surface area contributed by atoms with Crippen molar-refractivity contribution in [2.45, 2.75) is 54.4 Å². The first-order valence-electron chi connectivity index (χ1n) is 10.5. The van der Waals surface area contributed by atoms with Crippen molar-refractivity contribution in [2.75, 3.05) is 13.2 Å². The minimum atomic E-state index is 0. The Labute approximate surface area is 197 Å². The Hall–Kier alpha value is -1.26. The monoisotopic (exact) mass is 422 g/mol. The molecule has 160 valence electrons. The maximum absolute atomic E-state index is 13.0. The quantitative estimate of drug-likeness (QED) is 0.411. The van der Waals surface area contributed by atoms with E-state index in [0.29, 0.717) is 25.0 Å². The molecule has 0 aliphatic heterocycles. The van der Waals surface area contributed by atoms with Crippen molar-refractivity contribution < 1.29 is 34.6 Å². The van der Waals surface area contributed by atoms with Gasteiger partial charge in [-0.05, 0) is 70.4 Å². The molecule has 0 aromatic heterocycles. The summed E-state index contributed by atoms with van der Waals surface area (Å²) in [6.07, 6.45) is 1.99.